The molecular formula is C22H31N3O. The summed E-state index contributed by atoms with van der Waals surface area (Å²) in [6, 6.07) is 8.68. The van der Waals surface area contributed by atoms with E-state index in [1.165, 1.54) is 28.9 Å². The van der Waals surface area contributed by atoms with E-state index in [9.17, 15) is 4.79 Å². The van der Waals surface area contributed by atoms with Crippen LogP contribution < -0.4 is 10.2 Å². The van der Waals surface area contributed by atoms with Gasteiger partial charge in [-0.05, 0) is 63.3 Å². The number of likely N-dealkylation sites (tertiary alicyclic amines) is 1. The molecule has 2 aliphatic heterocycles. The number of hydrogen-bond acceptors (Lipinski definition) is 3. The zero-order chi connectivity index (χ0) is 18.5. The average molecular weight is 354 g/mol. The van der Waals surface area contributed by atoms with Gasteiger partial charge in [0.05, 0.1) is 6.54 Å². The van der Waals surface area contributed by atoms with Crippen LogP contribution in [0.3, 0.4) is 0 Å². The van der Waals surface area contributed by atoms with Gasteiger partial charge in [0.25, 0.3) is 5.91 Å². The number of nitrogens with one attached hydrogen (secondary N) is 1. The van der Waals surface area contributed by atoms with Crippen molar-refractivity contribution >= 4 is 11.6 Å². The van der Waals surface area contributed by atoms with Gasteiger partial charge in [-0.25, -0.2) is 0 Å². The van der Waals surface area contributed by atoms with E-state index >= 15 is 0 Å². The number of rotatable bonds is 5. The lowest BCUT2D eigenvalue weighted by atomic mass is 10.1. The maximum atomic E-state index is 12.8. The van der Waals surface area contributed by atoms with Crippen LogP contribution in [0, 0.1) is 6.92 Å². The molecule has 4 nitrogen and oxygen atoms in total. The topological polar surface area (TPSA) is 35.6 Å². The number of aryl methyl sites for hydroxylation is 1. The first kappa shape index (κ1) is 18.6. The second-order valence-electron chi connectivity index (χ2n) is 7.38. The zero-order valence-electron chi connectivity index (χ0n) is 16.3. The average Bonchev–Trinajstić information content (AvgIpc) is 2.67. The van der Waals surface area contributed by atoms with Gasteiger partial charge in [0.1, 0.15) is 5.70 Å². The molecule has 0 unspecified atom stereocenters. The van der Waals surface area contributed by atoms with Gasteiger partial charge in [-0.1, -0.05) is 24.6 Å². The van der Waals surface area contributed by atoms with Crippen molar-refractivity contribution in [3.8, 4) is 0 Å². The summed E-state index contributed by atoms with van der Waals surface area (Å²) in [7, 11) is 0. The van der Waals surface area contributed by atoms with Crippen molar-refractivity contribution < 1.29 is 4.79 Å². The molecule has 1 amide bonds. The SMILES string of the molecule is CCCN(C1=C(C)C=C(C(=O)N2CCCCC2)NC1)c1ccc(C)cc1. The van der Waals surface area contributed by atoms with Crippen molar-refractivity contribution in [2.75, 3.05) is 31.1 Å². The Morgan fingerprint density at radius 3 is 2.42 bits per heavy atom. The molecule has 0 aliphatic carbocycles. The summed E-state index contributed by atoms with van der Waals surface area (Å²) in [6.45, 7) is 9.89. The van der Waals surface area contributed by atoms with Gasteiger partial charge in [-0.3, -0.25) is 4.79 Å². The molecule has 1 saturated heterocycles. The Kier molecular flexibility index (Phi) is 6.02. The first-order valence-electron chi connectivity index (χ1n) is 9.89. The van der Waals surface area contributed by atoms with Gasteiger partial charge >= 0.3 is 0 Å². The highest BCUT2D eigenvalue weighted by atomic mass is 16.2. The van der Waals surface area contributed by atoms with Crippen LogP contribution >= 0.6 is 0 Å². The third-order valence-electron chi connectivity index (χ3n) is 5.25. The Bertz CT molecular complexity index is 697. The lowest BCUT2D eigenvalue weighted by Gasteiger charge is -2.33. The van der Waals surface area contributed by atoms with Crippen molar-refractivity contribution in [1.82, 2.24) is 10.2 Å². The van der Waals surface area contributed by atoms with E-state index in [4.69, 9.17) is 0 Å². The molecule has 0 atom stereocenters. The number of piperidine rings is 1. The predicted octanol–water partition coefficient (Wildman–Crippen LogP) is 3.99. The van der Waals surface area contributed by atoms with Crippen LogP contribution in [-0.2, 0) is 4.79 Å². The molecule has 0 saturated carbocycles. The monoisotopic (exact) mass is 353 g/mol. The minimum atomic E-state index is 0.153. The Morgan fingerprint density at radius 1 is 1.12 bits per heavy atom. The van der Waals surface area contributed by atoms with Gasteiger partial charge < -0.3 is 15.1 Å². The van der Waals surface area contributed by atoms with Crippen molar-refractivity contribution in [2.24, 2.45) is 0 Å². The Morgan fingerprint density at radius 2 is 1.81 bits per heavy atom. The third kappa shape index (κ3) is 4.12. The smallest absolute Gasteiger partial charge is 0.269 e. The van der Waals surface area contributed by atoms with Gasteiger partial charge in [0.15, 0.2) is 0 Å². The maximum absolute atomic E-state index is 12.8. The van der Waals surface area contributed by atoms with Gasteiger partial charge in [-0.2, -0.15) is 0 Å². The Labute approximate surface area is 157 Å². The van der Waals surface area contributed by atoms with E-state index in [0.717, 1.165) is 44.6 Å². The normalized spacial score (nSPS) is 17.7. The van der Waals surface area contributed by atoms with Crippen molar-refractivity contribution in [1.29, 1.82) is 0 Å². The number of allylic oxidation sites excluding steroid dienone is 2. The quantitative estimate of drug-likeness (QED) is 0.869. The number of hydrogen-bond donors (Lipinski definition) is 1. The van der Waals surface area contributed by atoms with Gasteiger partial charge in [0.2, 0.25) is 0 Å². The molecule has 26 heavy (non-hydrogen) atoms. The number of carbonyl (C=O) groups excluding carboxylic acids is 1. The van der Waals surface area contributed by atoms with Gasteiger partial charge in [0, 0.05) is 31.0 Å². The Hall–Kier alpha value is -2.23. The van der Waals surface area contributed by atoms with E-state index in [1.807, 2.05) is 11.0 Å². The molecule has 3 rings (SSSR count). The van der Waals surface area contributed by atoms with E-state index < -0.39 is 0 Å². The molecule has 140 valence electrons. The molecule has 1 aromatic rings. The fourth-order valence-corrected chi connectivity index (χ4v) is 3.75. The number of benzene rings is 1. The molecule has 1 fully saturated rings. The number of dihydropyridines is 1. The minimum absolute atomic E-state index is 0.153. The van der Waals surface area contributed by atoms with Crippen LogP contribution in [0.1, 0.15) is 45.1 Å². The lowest BCUT2D eigenvalue weighted by molar-refractivity contribution is -0.128. The summed E-state index contributed by atoms with van der Waals surface area (Å²) in [5.74, 6) is 0.153. The van der Waals surface area contributed by atoms with Crippen LogP contribution in [0.5, 0.6) is 0 Å². The molecule has 0 aromatic heterocycles. The molecule has 2 aliphatic rings. The highest BCUT2D eigenvalue weighted by Crippen LogP contribution is 2.25. The molecule has 0 radical (unpaired) electrons. The summed E-state index contributed by atoms with van der Waals surface area (Å²) in [4.78, 5) is 17.1. The first-order chi connectivity index (χ1) is 12.6. The fraction of sp³-hybridized carbons (Fsp3) is 0.500. The summed E-state index contributed by atoms with van der Waals surface area (Å²) >= 11 is 0. The van der Waals surface area contributed by atoms with Crippen molar-refractivity contribution in [2.45, 2.75) is 46.5 Å². The summed E-state index contributed by atoms with van der Waals surface area (Å²) in [5.41, 5.74) is 5.66. The largest absolute Gasteiger partial charge is 0.375 e. The van der Waals surface area contributed by atoms with Crippen molar-refractivity contribution in [3.63, 3.8) is 0 Å². The molecule has 4 heteroatoms. The number of amides is 1. The fourth-order valence-electron chi connectivity index (χ4n) is 3.75. The molecule has 1 aromatic carbocycles. The molecule has 0 spiro atoms. The molecule has 1 N–H and O–H groups in total. The minimum Gasteiger partial charge on any atom is -0.375 e. The number of carbonyl (C=O) groups is 1. The summed E-state index contributed by atoms with van der Waals surface area (Å²) in [6.07, 6.45) is 6.59. The second-order valence-corrected chi connectivity index (χ2v) is 7.38. The van der Waals surface area contributed by atoms with Crippen molar-refractivity contribution in [3.05, 3.63) is 52.9 Å². The number of nitrogens with zero attached hydrogens (tertiary/aromatic N) is 2. The zero-order valence-corrected chi connectivity index (χ0v) is 16.3. The van der Waals surface area contributed by atoms with Crippen LogP contribution in [0.25, 0.3) is 0 Å². The summed E-state index contributed by atoms with van der Waals surface area (Å²) in [5, 5.41) is 3.39. The third-order valence-corrected chi connectivity index (χ3v) is 5.25. The highest BCUT2D eigenvalue weighted by Gasteiger charge is 2.24. The predicted molar refractivity (Wildman–Crippen MR) is 108 cm³/mol. The molecular weight excluding hydrogens is 322 g/mol. The first-order valence-corrected chi connectivity index (χ1v) is 9.89. The van der Waals surface area contributed by atoms with E-state index in [1.54, 1.807) is 0 Å². The maximum Gasteiger partial charge on any atom is 0.269 e. The van der Waals surface area contributed by atoms with E-state index in [2.05, 4.69) is 55.3 Å². The van der Waals surface area contributed by atoms with E-state index in [-0.39, 0.29) is 5.91 Å². The second kappa shape index (κ2) is 8.43. The van der Waals surface area contributed by atoms with Crippen LogP contribution in [-0.4, -0.2) is 37.0 Å². The Balaban J connectivity index is 1.83. The van der Waals surface area contributed by atoms with E-state index in [0.29, 0.717) is 6.54 Å². The lowest BCUT2D eigenvalue weighted by Crippen LogP contribution is -2.42. The van der Waals surface area contributed by atoms with Crippen LogP contribution in [0.4, 0.5) is 5.69 Å². The van der Waals surface area contributed by atoms with Crippen LogP contribution in [0.15, 0.2) is 47.3 Å². The standard InChI is InChI=1S/C22H31N3O/c1-4-12-25(19-10-8-17(2)9-11-19)21-16-23-20(15-18(21)3)22(26)24-13-6-5-7-14-24/h8-11,15,23H,4-7,12-14,16H2,1-3H3. The summed E-state index contributed by atoms with van der Waals surface area (Å²) < 4.78 is 0. The number of anilines is 1. The van der Waals surface area contributed by atoms with Gasteiger partial charge in [-0.15, -0.1) is 0 Å². The van der Waals surface area contributed by atoms with Crippen LogP contribution in [0.2, 0.25) is 0 Å². The highest BCUT2D eigenvalue weighted by molar-refractivity contribution is 5.94. The molecule has 0 bridgehead atoms. The molecule has 2 heterocycles.